The quantitative estimate of drug-likeness (QED) is 0.819. The summed E-state index contributed by atoms with van der Waals surface area (Å²) in [4.78, 5) is 14.9. The van der Waals surface area contributed by atoms with E-state index in [1.54, 1.807) is 20.0 Å². The minimum absolute atomic E-state index is 0.157. The Kier molecular flexibility index (Phi) is 3.30. The summed E-state index contributed by atoms with van der Waals surface area (Å²) in [6, 6.07) is 2.83. The molecule has 94 valence electrons. The van der Waals surface area contributed by atoms with Crippen molar-refractivity contribution in [3.05, 3.63) is 34.8 Å². The number of aldehydes is 1. The highest BCUT2D eigenvalue weighted by atomic mass is 79.9. The van der Waals surface area contributed by atoms with E-state index in [0.717, 1.165) is 6.29 Å². The summed E-state index contributed by atoms with van der Waals surface area (Å²) in [6.07, 6.45) is 3.91. The van der Waals surface area contributed by atoms with E-state index in [1.807, 2.05) is 0 Å². The van der Waals surface area contributed by atoms with E-state index in [-0.39, 0.29) is 5.69 Å². The van der Waals surface area contributed by atoms with Gasteiger partial charge in [-0.1, -0.05) is 0 Å². The van der Waals surface area contributed by atoms with Crippen molar-refractivity contribution in [2.75, 3.05) is 0 Å². The molecule has 0 bridgehead atoms. The molecule has 4 nitrogen and oxygen atoms in total. The van der Waals surface area contributed by atoms with Crippen LogP contribution in [0.5, 0.6) is 0 Å². The third-order valence-electron chi connectivity index (χ3n) is 2.53. The largest absolute Gasteiger partial charge is 0.301 e. The Morgan fingerprint density at radius 3 is 2.78 bits per heavy atom. The maximum atomic E-state index is 13.6. The van der Waals surface area contributed by atoms with Crippen LogP contribution in [0.3, 0.4) is 0 Å². The van der Waals surface area contributed by atoms with Gasteiger partial charge >= 0.3 is 0 Å². The van der Waals surface area contributed by atoms with E-state index in [2.05, 4.69) is 26.0 Å². The van der Waals surface area contributed by atoms with Crippen LogP contribution >= 0.6 is 15.9 Å². The lowest BCUT2D eigenvalue weighted by molar-refractivity contribution is -0.114. The van der Waals surface area contributed by atoms with Crippen LogP contribution < -0.4 is 0 Å². The number of carbonyl (C=O) groups is 1. The average Bonchev–Trinajstić information content (AvgIpc) is 2.73. The molecule has 2 rings (SSSR count). The van der Waals surface area contributed by atoms with Crippen LogP contribution in [0.25, 0.3) is 11.4 Å². The second-order valence-corrected chi connectivity index (χ2v) is 5.23. The number of nitrogens with zero attached hydrogens (tertiary/aromatic N) is 3. The lowest BCUT2D eigenvalue weighted by Gasteiger charge is -2.16. The Balaban J connectivity index is 2.55. The Labute approximate surface area is 112 Å². The number of halogens is 2. The highest BCUT2D eigenvalue weighted by Gasteiger charge is 2.23. The average molecular weight is 312 g/mol. The van der Waals surface area contributed by atoms with Crippen LogP contribution in [-0.4, -0.2) is 21.1 Å². The summed E-state index contributed by atoms with van der Waals surface area (Å²) in [5.41, 5.74) is -0.251. The van der Waals surface area contributed by atoms with Crippen LogP contribution in [0.2, 0.25) is 0 Å². The first-order valence-electron chi connectivity index (χ1n) is 5.28. The molecule has 2 aromatic heterocycles. The molecule has 0 aliphatic heterocycles. The molecular weight excluding hydrogens is 301 g/mol. The molecule has 2 aromatic rings. The number of aromatic nitrogens is 3. The molecule has 0 aliphatic rings. The second kappa shape index (κ2) is 4.61. The first-order valence-corrected chi connectivity index (χ1v) is 6.08. The fraction of sp³-hybridized carbons (Fsp3) is 0.250. The van der Waals surface area contributed by atoms with E-state index in [4.69, 9.17) is 0 Å². The van der Waals surface area contributed by atoms with Crippen LogP contribution in [0.4, 0.5) is 4.39 Å². The highest BCUT2D eigenvalue weighted by Crippen LogP contribution is 2.28. The van der Waals surface area contributed by atoms with Crippen molar-refractivity contribution < 1.29 is 9.18 Å². The van der Waals surface area contributed by atoms with Crippen molar-refractivity contribution in [3.63, 3.8) is 0 Å². The molecule has 0 radical (unpaired) electrons. The van der Waals surface area contributed by atoms with Crippen LogP contribution in [0.1, 0.15) is 13.8 Å². The number of hydrogen-bond acceptors (Lipinski definition) is 3. The number of carbonyl (C=O) groups excluding carboxylic acids is 1. The summed E-state index contributed by atoms with van der Waals surface area (Å²) in [5, 5.41) is 4.22. The molecule has 0 N–H and O–H groups in total. The zero-order valence-electron chi connectivity index (χ0n) is 9.89. The lowest BCUT2D eigenvalue weighted by atomic mass is 10.1. The summed E-state index contributed by atoms with van der Waals surface area (Å²) < 4.78 is 15.7. The van der Waals surface area contributed by atoms with Crippen LogP contribution in [-0.2, 0) is 10.3 Å². The number of rotatable bonds is 3. The monoisotopic (exact) mass is 311 g/mol. The van der Waals surface area contributed by atoms with E-state index in [1.165, 1.54) is 23.0 Å². The predicted molar refractivity (Wildman–Crippen MR) is 68.5 cm³/mol. The van der Waals surface area contributed by atoms with Crippen LogP contribution in [0, 0.1) is 5.82 Å². The Morgan fingerprint density at radius 2 is 2.17 bits per heavy atom. The minimum atomic E-state index is -0.786. The van der Waals surface area contributed by atoms with Gasteiger partial charge in [-0.3, -0.25) is 9.67 Å². The third kappa shape index (κ3) is 2.20. The Morgan fingerprint density at radius 1 is 1.44 bits per heavy atom. The van der Waals surface area contributed by atoms with Gasteiger partial charge in [0, 0.05) is 12.4 Å². The normalized spacial score (nSPS) is 11.6. The standard InChI is InChI=1S/C12H11BrFN3O/c1-12(2,7-18)17-6-8(13)10(16-17)11-9(14)4-3-5-15-11/h3-7H,1-2H3. The first-order chi connectivity index (χ1) is 8.45. The van der Waals surface area contributed by atoms with E-state index < -0.39 is 11.4 Å². The molecule has 18 heavy (non-hydrogen) atoms. The van der Waals surface area contributed by atoms with Gasteiger partial charge in [-0.2, -0.15) is 5.10 Å². The van der Waals surface area contributed by atoms with Gasteiger partial charge in [0.05, 0.1) is 4.47 Å². The van der Waals surface area contributed by atoms with Gasteiger partial charge in [0.25, 0.3) is 0 Å². The number of pyridine rings is 1. The second-order valence-electron chi connectivity index (χ2n) is 4.38. The zero-order chi connectivity index (χ0) is 13.3. The molecule has 0 spiro atoms. The van der Waals surface area contributed by atoms with Gasteiger partial charge in [-0.15, -0.1) is 0 Å². The maximum absolute atomic E-state index is 13.6. The molecule has 0 atom stereocenters. The Hall–Kier alpha value is -1.56. The molecule has 0 fully saturated rings. The van der Waals surface area contributed by atoms with Gasteiger partial charge < -0.3 is 4.79 Å². The molecule has 0 saturated carbocycles. The van der Waals surface area contributed by atoms with Gasteiger partial charge in [0.15, 0.2) is 5.82 Å². The molecule has 6 heteroatoms. The summed E-state index contributed by atoms with van der Waals surface area (Å²) in [5.74, 6) is -0.452. The third-order valence-corrected chi connectivity index (χ3v) is 3.11. The molecule has 0 aromatic carbocycles. The molecule has 0 amide bonds. The predicted octanol–water partition coefficient (Wildman–Crippen LogP) is 2.78. The summed E-state index contributed by atoms with van der Waals surface area (Å²) in [7, 11) is 0. The SMILES string of the molecule is CC(C)(C=O)n1cc(Br)c(-c2ncccc2F)n1. The first kappa shape index (κ1) is 12.9. The maximum Gasteiger partial charge on any atom is 0.151 e. The number of hydrogen-bond donors (Lipinski definition) is 0. The zero-order valence-corrected chi connectivity index (χ0v) is 11.5. The van der Waals surface area contributed by atoms with Crippen molar-refractivity contribution in [2.24, 2.45) is 0 Å². The highest BCUT2D eigenvalue weighted by molar-refractivity contribution is 9.10. The van der Waals surface area contributed by atoms with Crippen molar-refractivity contribution >= 4 is 22.2 Å². The molecule has 0 saturated heterocycles. The molecule has 2 heterocycles. The topological polar surface area (TPSA) is 47.8 Å². The lowest BCUT2D eigenvalue weighted by Crippen LogP contribution is -2.28. The van der Waals surface area contributed by atoms with E-state index in [9.17, 15) is 9.18 Å². The summed E-state index contributed by atoms with van der Waals surface area (Å²) >= 11 is 3.30. The van der Waals surface area contributed by atoms with Crippen molar-refractivity contribution in [2.45, 2.75) is 19.4 Å². The van der Waals surface area contributed by atoms with Gasteiger partial charge in [-0.05, 0) is 41.9 Å². The molecule has 0 aliphatic carbocycles. The fourth-order valence-corrected chi connectivity index (χ4v) is 1.88. The Bertz CT molecular complexity index is 595. The fourth-order valence-electron chi connectivity index (χ4n) is 1.42. The van der Waals surface area contributed by atoms with Crippen molar-refractivity contribution in [1.82, 2.24) is 14.8 Å². The van der Waals surface area contributed by atoms with Gasteiger partial charge in [0.2, 0.25) is 0 Å². The van der Waals surface area contributed by atoms with Crippen LogP contribution in [0.15, 0.2) is 29.0 Å². The molecular formula is C12H11BrFN3O. The summed E-state index contributed by atoms with van der Waals surface area (Å²) in [6.45, 7) is 3.44. The van der Waals surface area contributed by atoms with Gasteiger partial charge in [-0.25, -0.2) is 4.39 Å². The minimum Gasteiger partial charge on any atom is -0.301 e. The van der Waals surface area contributed by atoms with Gasteiger partial charge in [0.1, 0.15) is 23.2 Å². The molecule has 0 unspecified atom stereocenters. The van der Waals surface area contributed by atoms with Crippen molar-refractivity contribution in [1.29, 1.82) is 0 Å². The van der Waals surface area contributed by atoms with E-state index in [0.29, 0.717) is 10.2 Å². The smallest absolute Gasteiger partial charge is 0.151 e. The van der Waals surface area contributed by atoms with E-state index >= 15 is 0 Å². The van der Waals surface area contributed by atoms with Crippen molar-refractivity contribution in [3.8, 4) is 11.4 Å².